The average molecular weight is 473 g/mol. The molecule has 2 rings (SSSR count). The highest BCUT2D eigenvalue weighted by molar-refractivity contribution is 5.91. The van der Waals surface area contributed by atoms with Gasteiger partial charge in [-0.1, -0.05) is 67.5 Å². The number of ketones is 1. The van der Waals surface area contributed by atoms with Crippen LogP contribution < -0.4 is 0 Å². The Morgan fingerprint density at radius 3 is 1.26 bits per heavy atom. The molecule has 0 fully saturated rings. The van der Waals surface area contributed by atoms with Gasteiger partial charge in [-0.05, 0) is 22.0 Å². The van der Waals surface area contributed by atoms with Gasteiger partial charge in [0.15, 0.2) is 11.5 Å². The molecule has 0 saturated carbocycles. The van der Waals surface area contributed by atoms with Gasteiger partial charge in [0.25, 0.3) is 0 Å². The summed E-state index contributed by atoms with van der Waals surface area (Å²) in [6.07, 6.45) is 0. The Morgan fingerprint density at radius 2 is 1.03 bits per heavy atom. The molecule has 0 amide bonds. The van der Waals surface area contributed by atoms with E-state index < -0.39 is 55.4 Å². The van der Waals surface area contributed by atoms with Crippen LogP contribution in [0.2, 0.25) is 0 Å². The summed E-state index contributed by atoms with van der Waals surface area (Å²) >= 11 is 0. The van der Waals surface area contributed by atoms with Crippen molar-refractivity contribution in [3.8, 4) is 11.5 Å². The second kappa shape index (κ2) is 9.04. The van der Waals surface area contributed by atoms with Crippen molar-refractivity contribution in [1.82, 2.24) is 0 Å². The molecule has 0 radical (unpaired) electrons. The Balaban J connectivity index is 2.61. The molecule has 0 bridgehead atoms. The summed E-state index contributed by atoms with van der Waals surface area (Å²) in [4.78, 5) is 35.1. The fourth-order valence-corrected chi connectivity index (χ4v) is 3.91. The Hall–Kier alpha value is -3.49. The van der Waals surface area contributed by atoms with E-state index in [-0.39, 0.29) is 5.78 Å². The van der Waals surface area contributed by atoms with Crippen LogP contribution in [-0.2, 0) is 15.6 Å². The number of nitrogens with zero attached hydrogens (tertiary/aromatic N) is 2. The third-order valence-corrected chi connectivity index (χ3v) is 6.09. The number of phenolic OH excluding ortho intramolecular Hbond substituents is 2. The molecule has 0 saturated heterocycles. The van der Waals surface area contributed by atoms with Crippen molar-refractivity contribution in [1.29, 1.82) is 0 Å². The van der Waals surface area contributed by atoms with E-state index in [0.29, 0.717) is 22.3 Å². The summed E-state index contributed by atoms with van der Waals surface area (Å²) in [5, 5.41) is 43.9. The normalized spacial score (nSPS) is 13.9. The van der Waals surface area contributed by atoms with Crippen molar-refractivity contribution in [3.63, 3.8) is 0 Å². The number of carbonyl (C=O) groups excluding carboxylic acids is 1. The van der Waals surface area contributed by atoms with E-state index in [0.717, 1.165) is 0 Å². The lowest BCUT2D eigenvalue weighted by atomic mass is 9.79. The van der Waals surface area contributed by atoms with E-state index in [9.17, 15) is 35.2 Å². The lowest BCUT2D eigenvalue weighted by Gasteiger charge is -2.25. The number of aromatic hydroxyl groups is 2. The first kappa shape index (κ1) is 26.8. The van der Waals surface area contributed by atoms with Crippen LogP contribution in [0.25, 0.3) is 0 Å². The number of nitro groups is 2. The Labute approximate surface area is 198 Å². The molecule has 2 atom stereocenters. The molecule has 2 aromatic carbocycles. The third-order valence-electron chi connectivity index (χ3n) is 6.09. The number of Topliss-reactive ketones (excluding diaryl/α,β-unsaturated/α-hetero) is 1. The molecule has 0 aliphatic rings. The number of phenols is 2. The summed E-state index contributed by atoms with van der Waals surface area (Å²) in [6.45, 7) is 14.0. The van der Waals surface area contributed by atoms with Crippen LogP contribution >= 0.6 is 0 Å². The molecule has 9 nitrogen and oxygen atoms in total. The van der Waals surface area contributed by atoms with Gasteiger partial charge < -0.3 is 10.2 Å². The zero-order chi connectivity index (χ0) is 26.3. The fraction of sp³-hybridized carbons (Fsp3) is 0.480. The van der Waals surface area contributed by atoms with Crippen LogP contribution in [-0.4, -0.2) is 25.8 Å². The number of hydrogen-bond acceptors (Lipinski definition) is 7. The minimum Gasteiger partial charge on any atom is -0.502 e. The van der Waals surface area contributed by atoms with Crippen LogP contribution in [0.5, 0.6) is 11.5 Å². The first-order valence-corrected chi connectivity index (χ1v) is 10.9. The van der Waals surface area contributed by atoms with Crippen molar-refractivity contribution in [2.24, 2.45) is 0 Å². The Bertz CT molecular complexity index is 1070. The first-order chi connectivity index (χ1) is 15.4. The van der Waals surface area contributed by atoms with Crippen molar-refractivity contribution < 1.29 is 24.9 Å². The van der Waals surface area contributed by atoms with E-state index in [1.165, 1.54) is 12.1 Å². The van der Waals surface area contributed by atoms with Crippen molar-refractivity contribution in [2.75, 3.05) is 0 Å². The van der Waals surface area contributed by atoms with Gasteiger partial charge in [0, 0.05) is 35.1 Å². The van der Waals surface area contributed by atoms with Gasteiger partial charge in [0.2, 0.25) is 0 Å². The maximum absolute atomic E-state index is 13.4. The van der Waals surface area contributed by atoms with Gasteiger partial charge in [-0.15, -0.1) is 0 Å². The molecule has 184 valence electrons. The van der Waals surface area contributed by atoms with E-state index in [1.54, 1.807) is 67.5 Å². The Kier molecular flexibility index (Phi) is 7.12. The highest BCUT2D eigenvalue weighted by Gasteiger charge is 2.33. The van der Waals surface area contributed by atoms with Crippen molar-refractivity contribution in [2.45, 2.75) is 78.1 Å². The van der Waals surface area contributed by atoms with E-state index in [2.05, 4.69) is 0 Å². The zero-order valence-electron chi connectivity index (χ0n) is 20.8. The van der Waals surface area contributed by atoms with E-state index in [4.69, 9.17) is 0 Å². The molecule has 2 aromatic rings. The minimum absolute atomic E-state index is 0.306. The number of hydrogen-bond donors (Lipinski definition) is 2. The second-order valence-electron chi connectivity index (χ2n) is 10.7. The highest BCUT2D eigenvalue weighted by atomic mass is 16.6. The van der Waals surface area contributed by atoms with Crippen LogP contribution in [0.1, 0.15) is 89.5 Å². The van der Waals surface area contributed by atoms with Crippen LogP contribution in [0, 0.1) is 20.2 Å². The molecule has 2 N–H and O–H groups in total. The topological polar surface area (TPSA) is 144 Å². The van der Waals surface area contributed by atoms with Crippen LogP contribution in [0.3, 0.4) is 0 Å². The van der Waals surface area contributed by atoms with Crippen molar-refractivity contribution in [3.05, 3.63) is 66.7 Å². The largest absolute Gasteiger partial charge is 0.502 e. The Morgan fingerprint density at radius 1 is 0.735 bits per heavy atom. The van der Waals surface area contributed by atoms with Gasteiger partial charge in [-0.25, -0.2) is 0 Å². The summed E-state index contributed by atoms with van der Waals surface area (Å²) < 4.78 is 0. The smallest absolute Gasteiger partial charge is 0.311 e. The molecular formula is C25H32N2O7. The van der Waals surface area contributed by atoms with Crippen molar-refractivity contribution >= 4 is 17.2 Å². The maximum Gasteiger partial charge on any atom is 0.311 e. The SMILES string of the molecule is CC(C(=O)C(C)c1cc([N+](=O)[O-])c(O)c(C(C)(C)C)c1)c1cc([N+](=O)[O-])c(O)c(C(C)(C)C)c1. The fourth-order valence-electron chi connectivity index (χ4n) is 3.91. The van der Waals surface area contributed by atoms with Crippen LogP contribution in [0.15, 0.2) is 24.3 Å². The predicted octanol–water partition coefficient (Wildman–Crippen LogP) is 5.99. The standard InChI is InChI=1S/C25H32N2O7/c1-13(15-9-17(24(3,4)5)22(29)19(11-15)26(31)32)21(28)14(2)16-10-18(25(6,7)8)23(30)20(12-16)27(33)34/h9-14,29-30H,1-8H3. The minimum atomic E-state index is -0.790. The molecule has 0 aliphatic carbocycles. The predicted molar refractivity (Wildman–Crippen MR) is 129 cm³/mol. The van der Waals surface area contributed by atoms with Gasteiger partial charge in [0.05, 0.1) is 9.85 Å². The molecule has 0 aliphatic heterocycles. The lowest BCUT2D eigenvalue weighted by molar-refractivity contribution is -0.386. The molecule has 34 heavy (non-hydrogen) atoms. The molecule has 9 heteroatoms. The quantitative estimate of drug-likeness (QED) is 0.388. The first-order valence-electron chi connectivity index (χ1n) is 10.9. The number of nitro benzene ring substituents is 2. The number of benzene rings is 2. The lowest BCUT2D eigenvalue weighted by Crippen LogP contribution is -2.20. The van der Waals surface area contributed by atoms with Crippen LogP contribution in [0.4, 0.5) is 11.4 Å². The third kappa shape index (κ3) is 5.18. The van der Waals surface area contributed by atoms with Gasteiger partial charge >= 0.3 is 11.4 Å². The molecule has 0 aromatic heterocycles. The molecule has 0 heterocycles. The number of carbonyl (C=O) groups is 1. The molecule has 0 spiro atoms. The monoisotopic (exact) mass is 472 g/mol. The van der Waals surface area contributed by atoms with Gasteiger partial charge in [-0.2, -0.15) is 0 Å². The molecular weight excluding hydrogens is 440 g/mol. The van der Waals surface area contributed by atoms with Gasteiger partial charge in [0.1, 0.15) is 5.78 Å². The van der Waals surface area contributed by atoms with E-state index >= 15 is 0 Å². The second-order valence-corrected chi connectivity index (χ2v) is 10.7. The van der Waals surface area contributed by atoms with E-state index in [1.807, 2.05) is 0 Å². The molecule has 2 unspecified atom stereocenters. The summed E-state index contributed by atoms with van der Waals surface area (Å²) in [5.74, 6) is -2.75. The zero-order valence-corrected chi connectivity index (χ0v) is 20.8. The maximum atomic E-state index is 13.4. The van der Waals surface area contributed by atoms with Gasteiger partial charge in [-0.3, -0.25) is 25.0 Å². The average Bonchev–Trinajstić information content (AvgIpc) is 2.70. The summed E-state index contributed by atoms with van der Waals surface area (Å²) in [7, 11) is 0. The highest BCUT2D eigenvalue weighted by Crippen LogP contribution is 2.43. The number of rotatable bonds is 6. The summed E-state index contributed by atoms with van der Waals surface area (Å²) in [6, 6.07) is 5.58. The summed E-state index contributed by atoms with van der Waals surface area (Å²) in [5.41, 5.74) is -0.753.